The fraction of sp³-hybridized carbons (Fsp3) is 0.500. The second-order valence-corrected chi connectivity index (χ2v) is 4.51. The molecule has 0 spiro atoms. The number of halogens is 1. The average Bonchev–Trinajstić information content (AvgIpc) is 2.29. The average molecular weight is 287 g/mol. The molecule has 1 rings (SSSR count). The summed E-state index contributed by atoms with van der Waals surface area (Å²) in [6.07, 6.45) is 0. The number of benzene rings is 1. The molecule has 0 aliphatic heterocycles. The van der Waals surface area contributed by atoms with Gasteiger partial charge in [-0.2, -0.15) is 0 Å². The van der Waals surface area contributed by atoms with Crippen LogP contribution in [0.15, 0.2) is 22.7 Å². The maximum atomic E-state index is 5.67. The van der Waals surface area contributed by atoms with Gasteiger partial charge in [0.25, 0.3) is 0 Å². The fourth-order valence-electron chi connectivity index (χ4n) is 1.61. The summed E-state index contributed by atoms with van der Waals surface area (Å²) in [5, 5.41) is 0. The Bertz CT molecular complexity index is 331. The molecule has 0 aliphatic carbocycles. The first-order valence-electron chi connectivity index (χ1n) is 5.44. The molecule has 0 saturated heterocycles. The lowest BCUT2D eigenvalue weighted by atomic mass is 10.2. The monoisotopic (exact) mass is 286 g/mol. The largest absolute Gasteiger partial charge is 0.383 e. The van der Waals surface area contributed by atoms with Crippen LogP contribution in [-0.4, -0.2) is 26.8 Å². The molecule has 1 aromatic rings. The van der Waals surface area contributed by atoms with Crippen molar-refractivity contribution in [3.63, 3.8) is 0 Å². The van der Waals surface area contributed by atoms with Gasteiger partial charge in [-0.25, -0.2) is 0 Å². The van der Waals surface area contributed by atoms with E-state index in [1.807, 2.05) is 6.07 Å². The zero-order valence-electron chi connectivity index (χ0n) is 9.87. The molecule has 3 nitrogen and oxygen atoms in total. The Morgan fingerprint density at radius 2 is 2.12 bits per heavy atom. The number of hydrogen-bond donors (Lipinski definition) is 1. The fourth-order valence-corrected chi connectivity index (χ4v) is 2.13. The van der Waals surface area contributed by atoms with Crippen LogP contribution in [0.5, 0.6) is 0 Å². The summed E-state index contributed by atoms with van der Waals surface area (Å²) < 4.78 is 6.18. The summed E-state index contributed by atoms with van der Waals surface area (Å²) in [7, 11) is 1.72. The van der Waals surface area contributed by atoms with Crippen LogP contribution in [0, 0.1) is 0 Å². The quantitative estimate of drug-likeness (QED) is 0.873. The molecule has 4 heteroatoms. The van der Waals surface area contributed by atoms with Crippen molar-refractivity contribution in [3.8, 4) is 0 Å². The summed E-state index contributed by atoms with van der Waals surface area (Å²) in [5.74, 6) is 0. The van der Waals surface area contributed by atoms with E-state index in [0.29, 0.717) is 6.54 Å². The van der Waals surface area contributed by atoms with E-state index >= 15 is 0 Å². The van der Waals surface area contributed by atoms with Gasteiger partial charge in [0.1, 0.15) is 0 Å². The Labute approximate surface area is 106 Å². The minimum Gasteiger partial charge on any atom is -0.383 e. The number of ether oxygens (including phenoxy) is 1. The van der Waals surface area contributed by atoms with Gasteiger partial charge in [-0.3, -0.25) is 0 Å². The standard InChI is InChI=1S/C12H19BrN2O/c1-3-15(4-5-16-2)12-7-10(9-14)6-11(13)8-12/h6-8H,3-5,9,14H2,1-2H3. The predicted molar refractivity (Wildman–Crippen MR) is 71.8 cm³/mol. The highest BCUT2D eigenvalue weighted by molar-refractivity contribution is 9.10. The molecule has 0 fully saturated rings. The van der Waals surface area contributed by atoms with Gasteiger partial charge < -0.3 is 15.4 Å². The maximum absolute atomic E-state index is 5.67. The number of nitrogens with zero attached hydrogens (tertiary/aromatic N) is 1. The van der Waals surface area contributed by atoms with E-state index < -0.39 is 0 Å². The van der Waals surface area contributed by atoms with Crippen molar-refractivity contribution >= 4 is 21.6 Å². The smallest absolute Gasteiger partial charge is 0.0637 e. The molecule has 0 atom stereocenters. The zero-order valence-corrected chi connectivity index (χ0v) is 11.5. The van der Waals surface area contributed by atoms with E-state index in [1.54, 1.807) is 7.11 Å². The van der Waals surface area contributed by atoms with Crippen molar-refractivity contribution in [1.29, 1.82) is 0 Å². The van der Waals surface area contributed by atoms with Crippen LogP contribution < -0.4 is 10.6 Å². The first-order chi connectivity index (χ1) is 7.71. The Morgan fingerprint density at radius 3 is 2.69 bits per heavy atom. The molecule has 0 unspecified atom stereocenters. The zero-order chi connectivity index (χ0) is 12.0. The normalized spacial score (nSPS) is 10.5. The molecule has 0 radical (unpaired) electrons. The second-order valence-electron chi connectivity index (χ2n) is 3.59. The maximum Gasteiger partial charge on any atom is 0.0637 e. The Hall–Kier alpha value is -0.580. The van der Waals surface area contributed by atoms with Crippen LogP contribution in [0.4, 0.5) is 5.69 Å². The molecule has 1 aromatic carbocycles. The number of nitrogens with two attached hydrogens (primary N) is 1. The molecular weight excluding hydrogens is 268 g/mol. The molecule has 0 saturated carbocycles. The first-order valence-corrected chi connectivity index (χ1v) is 6.24. The van der Waals surface area contributed by atoms with Crippen LogP contribution >= 0.6 is 15.9 Å². The summed E-state index contributed by atoms with van der Waals surface area (Å²) in [5.41, 5.74) is 7.99. The molecule has 2 N–H and O–H groups in total. The van der Waals surface area contributed by atoms with E-state index in [9.17, 15) is 0 Å². The van der Waals surface area contributed by atoms with Crippen LogP contribution in [-0.2, 0) is 11.3 Å². The minimum absolute atomic E-state index is 0.564. The van der Waals surface area contributed by atoms with Gasteiger partial charge in [0.15, 0.2) is 0 Å². The SMILES string of the molecule is CCN(CCOC)c1cc(Br)cc(CN)c1. The highest BCUT2D eigenvalue weighted by Crippen LogP contribution is 2.22. The first kappa shape index (κ1) is 13.5. The van der Waals surface area contributed by atoms with Crippen molar-refractivity contribution in [2.24, 2.45) is 5.73 Å². The van der Waals surface area contributed by atoms with Gasteiger partial charge >= 0.3 is 0 Å². The number of hydrogen-bond acceptors (Lipinski definition) is 3. The van der Waals surface area contributed by atoms with Crippen molar-refractivity contribution in [2.45, 2.75) is 13.5 Å². The minimum atomic E-state index is 0.564. The summed E-state index contributed by atoms with van der Waals surface area (Å²) >= 11 is 3.51. The van der Waals surface area contributed by atoms with Gasteiger partial charge in [0.05, 0.1) is 6.61 Å². The highest BCUT2D eigenvalue weighted by atomic mass is 79.9. The third-order valence-corrected chi connectivity index (χ3v) is 2.95. The van der Waals surface area contributed by atoms with Gasteiger partial charge in [0, 0.05) is 36.9 Å². The number of anilines is 1. The molecule has 0 amide bonds. The van der Waals surface area contributed by atoms with Gasteiger partial charge in [-0.15, -0.1) is 0 Å². The molecule has 0 bridgehead atoms. The predicted octanol–water partition coefficient (Wildman–Crippen LogP) is 2.38. The van der Waals surface area contributed by atoms with Crippen LogP contribution in [0.25, 0.3) is 0 Å². The molecule has 16 heavy (non-hydrogen) atoms. The van der Waals surface area contributed by atoms with E-state index in [-0.39, 0.29) is 0 Å². The Morgan fingerprint density at radius 1 is 1.38 bits per heavy atom. The van der Waals surface area contributed by atoms with Crippen LogP contribution in [0.2, 0.25) is 0 Å². The lowest BCUT2D eigenvalue weighted by Gasteiger charge is -2.23. The third kappa shape index (κ3) is 3.77. The number of likely N-dealkylation sites (N-methyl/N-ethyl adjacent to an activating group) is 1. The van der Waals surface area contributed by atoms with Crippen LogP contribution in [0.1, 0.15) is 12.5 Å². The van der Waals surface area contributed by atoms with E-state index in [1.165, 1.54) is 5.69 Å². The van der Waals surface area contributed by atoms with Gasteiger partial charge in [0.2, 0.25) is 0 Å². The summed E-state index contributed by atoms with van der Waals surface area (Å²) in [4.78, 5) is 2.27. The topological polar surface area (TPSA) is 38.5 Å². The molecule has 0 aliphatic rings. The summed E-state index contributed by atoms with van der Waals surface area (Å²) in [6, 6.07) is 6.29. The number of rotatable bonds is 6. The van der Waals surface area contributed by atoms with Crippen molar-refractivity contribution < 1.29 is 4.74 Å². The second kappa shape index (κ2) is 6.89. The lowest BCUT2D eigenvalue weighted by molar-refractivity contribution is 0.205. The van der Waals surface area contributed by atoms with E-state index in [4.69, 9.17) is 10.5 Å². The van der Waals surface area contributed by atoms with Gasteiger partial charge in [-0.05, 0) is 30.7 Å². The number of methoxy groups -OCH3 is 1. The third-order valence-electron chi connectivity index (χ3n) is 2.49. The van der Waals surface area contributed by atoms with Crippen molar-refractivity contribution in [1.82, 2.24) is 0 Å². The Balaban J connectivity index is 2.86. The lowest BCUT2D eigenvalue weighted by Crippen LogP contribution is -2.26. The van der Waals surface area contributed by atoms with E-state index in [2.05, 4.69) is 39.9 Å². The Kier molecular flexibility index (Phi) is 5.80. The molecule has 0 heterocycles. The summed E-state index contributed by atoms with van der Waals surface area (Å²) in [6.45, 7) is 5.29. The van der Waals surface area contributed by atoms with Crippen molar-refractivity contribution in [2.75, 3.05) is 31.7 Å². The highest BCUT2D eigenvalue weighted by Gasteiger charge is 2.06. The molecule has 90 valence electrons. The molecular formula is C12H19BrN2O. The molecule has 0 aromatic heterocycles. The van der Waals surface area contributed by atoms with Gasteiger partial charge in [-0.1, -0.05) is 15.9 Å². The van der Waals surface area contributed by atoms with Crippen LogP contribution in [0.3, 0.4) is 0 Å². The van der Waals surface area contributed by atoms with Crippen molar-refractivity contribution in [3.05, 3.63) is 28.2 Å². The van der Waals surface area contributed by atoms with E-state index in [0.717, 1.165) is 29.7 Å².